The fraction of sp³-hybridized carbons (Fsp3) is 0.222. The van der Waals surface area contributed by atoms with Crippen molar-refractivity contribution in [2.24, 2.45) is 0 Å². The van der Waals surface area contributed by atoms with Gasteiger partial charge in [-0.25, -0.2) is 8.78 Å². The Bertz CT molecular complexity index is 2080. The Hall–Kier alpha value is -4.84. The maximum atomic E-state index is 16.2. The Morgan fingerprint density at radius 1 is 0.936 bits per heavy atom. The van der Waals surface area contributed by atoms with Gasteiger partial charge in [0.15, 0.2) is 23.1 Å². The smallest absolute Gasteiger partial charge is 0.278 e. The second kappa shape index (κ2) is 11.8. The van der Waals surface area contributed by atoms with E-state index in [1.807, 2.05) is 65.7 Å². The monoisotopic (exact) mass is 653 g/mol. The predicted molar refractivity (Wildman–Crippen MR) is 173 cm³/mol. The van der Waals surface area contributed by atoms with E-state index in [0.717, 1.165) is 32.5 Å². The Morgan fingerprint density at radius 2 is 1.74 bits per heavy atom. The summed E-state index contributed by atoms with van der Waals surface area (Å²) in [6.45, 7) is 1.15. The molecule has 4 heterocycles. The molecule has 238 valence electrons. The number of carbonyl (C=O) groups excluding carboxylic acids is 1. The van der Waals surface area contributed by atoms with Gasteiger partial charge in [-0.15, -0.1) is 11.3 Å². The third kappa shape index (κ3) is 4.76. The number of hydrogen-bond acceptors (Lipinski definition) is 7. The largest absolute Gasteiger partial charge is 0.482 e. The van der Waals surface area contributed by atoms with E-state index in [0.29, 0.717) is 24.3 Å². The van der Waals surface area contributed by atoms with Crippen LogP contribution in [0, 0.1) is 11.6 Å². The number of methoxy groups -OCH3 is 1. The first-order valence-corrected chi connectivity index (χ1v) is 16.1. The van der Waals surface area contributed by atoms with Gasteiger partial charge in [0.1, 0.15) is 12.8 Å². The van der Waals surface area contributed by atoms with Crippen molar-refractivity contribution in [2.75, 3.05) is 31.9 Å². The van der Waals surface area contributed by atoms with Crippen molar-refractivity contribution in [3.05, 3.63) is 134 Å². The number of thiophene rings is 1. The maximum absolute atomic E-state index is 16.2. The van der Waals surface area contributed by atoms with Crippen LogP contribution in [0.25, 0.3) is 21.6 Å². The fourth-order valence-electron chi connectivity index (χ4n) is 6.89. The SMILES string of the molecule is COCc1cc2c(s1)-c1ccccc1C(N1[C@@H]3COCCN3C(=O)c3c(OCc4ccccc4)c(=O)ccn31)c1ccc(F)c(F)c1-2. The molecule has 1 unspecified atom stereocenters. The number of aromatic nitrogens is 1. The van der Waals surface area contributed by atoms with Crippen LogP contribution in [0.15, 0.2) is 89.9 Å². The lowest BCUT2D eigenvalue weighted by molar-refractivity contribution is -0.0197. The highest BCUT2D eigenvalue weighted by Gasteiger charge is 2.47. The summed E-state index contributed by atoms with van der Waals surface area (Å²) in [4.78, 5) is 31.0. The van der Waals surface area contributed by atoms with Crippen LogP contribution in [0.1, 0.15) is 38.1 Å². The lowest BCUT2D eigenvalue weighted by Crippen LogP contribution is -2.66. The van der Waals surface area contributed by atoms with Crippen molar-refractivity contribution < 1.29 is 27.8 Å². The molecule has 3 aromatic carbocycles. The average molecular weight is 654 g/mol. The molecule has 47 heavy (non-hydrogen) atoms. The number of ether oxygens (including phenoxy) is 3. The van der Waals surface area contributed by atoms with E-state index in [2.05, 4.69) is 0 Å². The summed E-state index contributed by atoms with van der Waals surface area (Å²) < 4.78 is 50.4. The lowest BCUT2D eigenvalue weighted by atomic mass is 9.91. The fourth-order valence-corrected chi connectivity index (χ4v) is 8.07. The van der Waals surface area contributed by atoms with Crippen LogP contribution >= 0.6 is 11.3 Å². The van der Waals surface area contributed by atoms with Gasteiger partial charge in [0.2, 0.25) is 5.43 Å². The van der Waals surface area contributed by atoms with Crippen LogP contribution in [-0.2, 0) is 22.7 Å². The summed E-state index contributed by atoms with van der Waals surface area (Å²) in [5.41, 5.74) is 3.35. The highest BCUT2D eigenvalue weighted by molar-refractivity contribution is 7.16. The molecular formula is C36H29F2N3O5S. The van der Waals surface area contributed by atoms with Crippen LogP contribution in [0.4, 0.5) is 8.78 Å². The number of morpholine rings is 1. The van der Waals surface area contributed by atoms with E-state index in [1.54, 1.807) is 28.9 Å². The highest BCUT2D eigenvalue weighted by Crippen LogP contribution is 2.52. The number of hydrogen-bond donors (Lipinski definition) is 0. The van der Waals surface area contributed by atoms with Gasteiger partial charge in [-0.05, 0) is 34.4 Å². The number of carbonyl (C=O) groups is 1. The normalized spacial score (nSPS) is 18.1. The van der Waals surface area contributed by atoms with Gasteiger partial charge in [-0.1, -0.05) is 60.7 Å². The lowest BCUT2D eigenvalue weighted by Gasteiger charge is -2.51. The van der Waals surface area contributed by atoms with Gasteiger partial charge >= 0.3 is 0 Å². The first-order chi connectivity index (χ1) is 23.0. The van der Waals surface area contributed by atoms with Crippen molar-refractivity contribution in [2.45, 2.75) is 25.4 Å². The molecule has 1 amide bonds. The van der Waals surface area contributed by atoms with E-state index in [-0.39, 0.29) is 42.7 Å². The third-order valence-corrected chi connectivity index (χ3v) is 10.0. The Labute approximate surface area is 272 Å². The van der Waals surface area contributed by atoms with Gasteiger partial charge in [0.05, 0.1) is 25.9 Å². The van der Waals surface area contributed by atoms with Gasteiger partial charge in [0, 0.05) is 46.8 Å². The molecule has 5 aromatic rings. The van der Waals surface area contributed by atoms with E-state index < -0.39 is 29.3 Å². The minimum absolute atomic E-state index is 0.0644. The predicted octanol–water partition coefficient (Wildman–Crippen LogP) is 6.10. The molecule has 2 aliphatic heterocycles. The van der Waals surface area contributed by atoms with Crippen molar-refractivity contribution in [1.82, 2.24) is 9.58 Å². The van der Waals surface area contributed by atoms with E-state index in [4.69, 9.17) is 14.2 Å². The molecule has 1 aliphatic carbocycles. The number of halogens is 2. The first-order valence-electron chi connectivity index (χ1n) is 15.2. The van der Waals surface area contributed by atoms with Crippen molar-refractivity contribution in [3.8, 4) is 27.3 Å². The topological polar surface area (TPSA) is 73.2 Å². The quantitative estimate of drug-likeness (QED) is 0.221. The zero-order chi connectivity index (χ0) is 32.2. The van der Waals surface area contributed by atoms with Crippen LogP contribution in [0.3, 0.4) is 0 Å². The Kier molecular flexibility index (Phi) is 7.39. The molecular weight excluding hydrogens is 624 g/mol. The van der Waals surface area contributed by atoms with Gasteiger partial charge in [-0.2, -0.15) is 0 Å². The molecule has 2 atom stereocenters. The highest BCUT2D eigenvalue weighted by atomic mass is 32.1. The van der Waals surface area contributed by atoms with E-state index in [9.17, 15) is 9.59 Å². The zero-order valence-corrected chi connectivity index (χ0v) is 26.1. The summed E-state index contributed by atoms with van der Waals surface area (Å²) in [6, 6.07) is 22.4. The molecule has 1 fully saturated rings. The van der Waals surface area contributed by atoms with Crippen LogP contribution < -0.4 is 15.2 Å². The maximum Gasteiger partial charge on any atom is 0.278 e. The molecule has 11 heteroatoms. The van der Waals surface area contributed by atoms with Crippen molar-refractivity contribution in [1.29, 1.82) is 0 Å². The van der Waals surface area contributed by atoms with E-state index in [1.165, 1.54) is 17.4 Å². The molecule has 0 N–H and O–H groups in total. The first kappa shape index (κ1) is 29.6. The second-order valence-electron chi connectivity index (χ2n) is 11.6. The minimum Gasteiger partial charge on any atom is -0.482 e. The van der Waals surface area contributed by atoms with Crippen LogP contribution in [-0.4, -0.2) is 48.5 Å². The van der Waals surface area contributed by atoms with Crippen molar-refractivity contribution >= 4 is 17.2 Å². The van der Waals surface area contributed by atoms with Gasteiger partial charge < -0.3 is 19.1 Å². The average Bonchev–Trinajstić information content (AvgIpc) is 3.47. The number of amides is 1. The minimum atomic E-state index is -0.962. The summed E-state index contributed by atoms with van der Waals surface area (Å²) in [5, 5.41) is 1.94. The molecule has 8 rings (SSSR count). The second-order valence-corrected chi connectivity index (χ2v) is 12.8. The zero-order valence-electron chi connectivity index (χ0n) is 25.3. The third-order valence-electron chi connectivity index (χ3n) is 8.91. The summed E-state index contributed by atoms with van der Waals surface area (Å²) in [6.07, 6.45) is 0.920. The number of pyridine rings is 1. The Morgan fingerprint density at radius 3 is 2.57 bits per heavy atom. The molecule has 3 aliphatic rings. The van der Waals surface area contributed by atoms with Crippen LogP contribution in [0.5, 0.6) is 5.75 Å². The molecule has 0 spiro atoms. The Balaban J connectivity index is 1.38. The van der Waals surface area contributed by atoms with Crippen molar-refractivity contribution in [3.63, 3.8) is 0 Å². The summed E-state index contributed by atoms with van der Waals surface area (Å²) in [5.74, 6) is -2.37. The number of fused-ring (bicyclic) bond motifs is 7. The standard InChI is InChI=1S/C36H29F2N3O5S/c1-44-19-22-17-26-30-25(11-12-27(37)31(30)38)32(23-9-5-6-10-24(23)35(26)47-22)41-29-20-45-16-15-39(29)36(43)33-34(28(42)13-14-40(33)41)46-18-21-7-3-2-4-8-21/h2-14,17,29,32H,15-16,18-20H2,1H3/t29-,32?/m1/s1. The molecule has 0 saturated carbocycles. The van der Waals surface area contributed by atoms with E-state index >= 15 is 8.78 Å². The molecule has 0 bridgehead atoms. The number of rotatable bonds is 6. The summed E-state index contributed by atoms with van der Waals surface area (Å²) in [7, 11) is 1.60. The number of benzene rings is 3. The molecule has 8 nitrogen and oxygen atoms in total. The molecule has 2 aromatic heterocycles. The molecule has 1 saturated heterocycles. The van der Waals surface area contributed by atoms with Gasteiger partial charge in [0.25, 0.3) is 5.91 Å². The summed E-state index contributed by atoms with van der Waals surface area (Å²) >= 11 is 1.47. The molecule has 0 radical (unpaired) electrons. The van der Waals surface area contributed by atoms with Gasteiger partial charge in [-0.3, -0.25) is 19.3 Å². The number of nitrogens with zero attached hydrogens (tertiary/aromatic N) is 3. The van der Waals surface area contributed by atoms with Crippen LogP contribution in [0.2, 0.25) is 0 Å².